The number of nitrogens with zero attached hydrogens (tertiary/aromatic N) is 1. The number of hydrogen-bond acceptors (Lipinski definition) is 3. The van der Waals surface area contributed by atoms with Gasteiger partial charge in [-0.05, 0) is 30.2 Å². The van der Waals surface area contributed by atoms with E-state index in [0.29, 0.717) is 11.3 Å². The average Bonchev–Trinajstić information content (AvgIpc) is 2.37. The molecule has 98 valence electrons. The smallest absolute Gasteiger partial charge is 0.125 e. The summed E-state index contributed by atoms with van der Waals surface area (Å²) in [6, 6.07) is 9.57. The molecule has 0 saturated carbocycles. The quantitative estimate of drug-likeness (QED) is 0.514. The largest absolute Gasteiger partial charge is 0.384 e. The summed E-state index contributed by atoms with van der Waals surface area (Å²) >= 11 is 7.66. The van der Waals surface area contributed by atoms with Gasteiger partial charge in [-0.25, -0.2) is 4.98 Å². The van der Waals surface area contributed by atoms with E-state index in [-0.39, 0.29) is 5.84 Å². The summed E-state index contributed by atoms with van der Waals surface area (Å²) in [6.45, 7) is 1.93. The first-order chi connectivity index (χ1) is 9.09. The van der Waals surface area contributed by atoms with E-state index in [2.05, 4.69) is 4.98 Å². The number of amidine groups is 1. The molecule has 3 nitrogen and oxygen atoms in total. The lowest BCUT2D eigenvalue weighted by Gasteiger charge is -2.10. The zero-order valence-corrected chi connectivity index (χ0v) is 12.1. The lowest BCUT2D eigenvalue weighted by molar-refractivity contribution is 1.09. The van der Waals surface area contributed by atoms with Crippen molar-refractivity contribution in [1.82, 2.24) is 4.98 Å². The number of nitrogen functional groups attached to an aromatic ring is 1. The van der Waals surface area contributed by atoms with Gasteiger partial charge >= 0.3 is 0 Å². The molecule has 0 fully saturated rings. The molecule has 1 aromatic carbocycles. The van der Waals surface area contributed by atoms with Gasteiger partial charge in [-0.1, -0.05) is 29.8 Å². The Morgan fingerprint density at radius 1 is 1.37 bits per heavy atom. The average molecular weight is 292 g/mol. The van der Waals surface area contributed by atoms with E-state index in [9.17, 15) is 0 Å². The van der Waals surface area contributed by atoms with E-state index in [1.807, 2.05) is 37.3 Å². The lowest BCUT2D eigenvalue weighted by atomic mass is 10.1. The highest BCUT2D eigenvalue weighted by molar-refractivity contribution is 7.98. The van der Waals surface area contributed by atoms with E-state index < -0.39 is 0 Å². The van der Waals surface area contributed by atoms with Crippen LogP contribution >= 0.6 is 23.4 Å². The Morgan fingerprint density at radius 3 is 2.79 bits per heavy atom. The van der Waals surface area contributed by atoms with Gasteiger partial charge in [0.1, 0.15) is 10.9 Å². The van der Waals surface area contributed by atoms with Crippen LogP contribution in [-0.4, -0.2) is 10.8 Å². The van der Waals surface area contributed by atoms with Crippen molar-refractivity contribution >= 4 is 29.2 Å². The zero-order chi connectivity index (χ0) is 13.8. The van der Waals surface area contributed by atoms with Crippen molar-refractivity contribution in [3.63, 3.8) is 0 Å². The van der Waals surface area contributed by atoms with E-state index in [4.69, 9.17) is 22.7 Å². The number of aryl methyl sites for hydroxylation is 1. The molecular weight excluding hydrogens is 278 g/mol. The summed E-state index contributed by atoms with van der Waals surface area (Å²) in [5, 5.41) is 9.15. The van der Waals surface area contributed by atoms with Gasteiger partial charge in [-0.2, -0.15) is 0 Å². The van der Waals surface area contributed by atoms with E-state index in [1.54, 1.807) is 18.0 Å². The third kappa shape index (κ3) is 3.28. The van der Waals surface area contributed by atoms with Crippen molar-refractivity contribution in [2.45, 2.75) is 17.7 Å². The topological polar surface area (TPSA) is 62.8 Å². The molecular formula is C14H14ClN3S. The van der Waals surface area contributed by atoms with Gasteiger partial charge < -0.3 is 5.73 Å². The van der Waals surface area contributed by atoms with Crippen molar-refractivity contribution in [3.05, 3.63) is 58.2 Å². The zero-order valence-electron chi connectivity index (χ0n) is 10.5. The van der Waals surface area contributed by atoms with Crippen molar-refractivity contribution in [1.29, 1.82) is 5.41 Å². The van der Waals surface area contributed by atoms with Gasteiger partial charge in [0.25, 0.3) is 0 Å². The summed E-state index contributed by atoms with van der Waals surface area (Å²) in [5.74, 6) is 0.753. The second kappa shape index (κ2) is 6.08. The van der Waals surface area contributed by atoms with Crippen LogP contribution in [0, 0.1) is 12.3 Å². The van der Waals surface area contributed by atoms with Crippen LogP contribution in [0.15, 0.2) is 41.6 Å². The predicted molar refractivity (Wildman–Crippen MR) is 81.0 cm³/mol. The van der Waals surface area contributed by atoms with Crippen LogP contribution < -0.4 is 5.73 Å². The number of aromatic nitrogens is 1. The predicted octanol–water partition coefficient (Wildman–Crippen LogP) is 3.62. The Kier molecular flexibility index (Phi) is 4.45. The fraction of sp³-hybridized carbons (Fsp3) is 0.143. The maximum Gasteiger partial charge on any atom is 0.125 e. The molecule has 0 spiro atoms. The molecule has 1 heterocycles. The molecule has 0 aliphatic carbocycles. The van der Waals surface area contributed by atoms with Crippen LogP contribution in [0.1, 0.15) is 16.7 Å². The number of nitrogens with two attached hydrogens (primary N) is 1. The lowest BCUT2D eigenvalue weighted by Crippen LogP contribution is -2.15. The molecule has 0 amide bonds. The Hall–Kier alpha value is -1.52. The van der Waals surface area contributed by atoms with Crippen molar-refractivity contribution in [3.8, 4) is 0 Å². The molecule has 0 atom stereocenters. The summed E-state index contributed by atoms with van der Waals surface area (Å²) in [4.78, 5) is 4.30. The molecule has 1 aromatic heterocycles. The highest BCUT2D eigenvalue weighted by Crippen LogP contribution is 2.28. The molecule has 5 heteroatoms. The summed E-state index contributed by atoms with van der Waals surface area (Å²) in [5.41, 5.74) is 8.34. The maximum atomic E-state index is 7.64. The fourth-order valence-corrected chi connectivity index (χ4v) is 3.11. The van der Waals surface area contributed by atoms with Crippen LogP contribution in [0.3, 0.4) is 0 Å². The minimum absolute atomic E-state index is 0.0484. The summed E-state index contributed by atoms with van der Waals surface area (Å²) in [6.07, 6.45) is 1.73. The number of halogens is 1. The highest BCUT2D eigenvalue weighted by Gasteiger charge is 2.11. The molecule has 2 rings (SSSR count). The molecule has 0 aliphatic heterocycles. The molecule has 0 unspecified atom stereocenters. The first-order valence-corrected chi connectivity index (χ1v) is 7.12. The molecule has 0 radical (unpaired) electrons. The number of rotatable bonds is 4. The molecule has 3 N–H and O–H groups in total. The number of nitrogens with one attached hydrogen (secondary N) is 1. The van der Waals surface area contributed by atoms with Crippen LogP contribution in [0.25, 0.3) is 0 Å². The van der Waals surface area contributed by atoms with Gasteiger partial charge in [0.15, 0.2) is 0 Å². The van der Waals surface area contributed by atoms with E-state index in [1.165, 1.54) is 0 Å². The van der Waals surface area contributed by atoms with E-state index >= 15 is 0 Å². The SMILES string of the molecule is Cc1ccnc(SCc2ccccc2Cl)c1C(=N)N. The highest BCUT2D eigenvalue weighted by atomic mass is 35.5. The monoisotopic (exact) mass is 291 g/mol. The number of pyridine rings is 1. The second-order valence-corrected chi connectivity index (χ2v) is 5.47. The molecule has 0 bridgehead atoms. The van der Waals surface area contributed by atoms with Gasteiger partial charge in [-0.3, -0.25) is 5.41 Å². The van der Waals surface area contributed by atoms with Gasteiger partial charge in [0, 0.05) is 17.0 Å². The Morgan fingerprint density at radius 2 is 2.11 bits per heavy atom. The van der Waals surface area contributed by atoms with Crippen molar-refractivity contribution < 1.29 is 0 Å². The standard InChI is InChI=1S/C14H14ClN3S/c1-9-6-7-18-14(12(9)13(16)17)19-8-10-4-2-3-5-11(10)15/h2-7H,8H2,1H3,(H3,16,17). The summed E-state index contributed by atoms with van der Waals surface area (Å²) in [7, 11) is 0. The Balaban J connectivity index is 2.23. The first-order valence-electron chi connectivity index (χ1n) is 5.76. The number of hydrogen-bond donors (Lipinski definition) is 2. The Labute approximate surface area is 121 Å². The Bertz CT molecular complexity index is 613. The van der Waals surface area contributed by atoms with Crippen molar-refractivity contribution in [2.24, 2.45) is 5.73 Å². The van der Waals surface area contributed by atoms with Crippen LogP contribution in [0.5, 0.6) is 0 Å². The third-order valence-electron chi connectivity index (χ3n) is 2.72. The fourth-order valence-electron chi connectivity index (χ4n) is 1.73. The van der Waals surface area contributed by atoms with Crippen molar-refractivity contribution in [2.75, 3.05) is 0 Å². The maximum absolute atomic E-state index is 7.64. The minimum atomic E-state index is 0.0484. The first kappa shape index (κ1) is 13.9. The molecule has 2 aromatic rings. The summed E-state index contributed by atoms with van der Waals surface area (Å²) < 4.78 is 0. The molecule has 19 heavy (non-hydrogen) atoms. The normalized spacial score (nSPS) is 10.4. The van der Waals surface area contributed by atoms with Gasteiger partial charge in [0.2, 0.25) is 0 Å². The molecule has 0 aliphatic rings. The number of benzene rings is 1. The second-order valence-electron chi connectivity index (χ2n) is 4.10. The third-order valence-corrected chi connectivity index (χ3v) is 4.12. The van der Waals surface area contributed by atoms with Crippen LogP contribution in [-0.2, 0) is 5.75 Å². The van der Waals surface area contributed by atoms with Gasteiger partial charge in [0.05, 0.1) is 5.56 Å². The minimum Gasteiger partial charge on any atom is -0.384 e. The van der Waals surface area contributed by atoms with E-state index in [0.717, 1.165) is 21.2 Å². The van der Waals surface area contributed by atoms with Crippen LogP contribution in [0.4, 0.5) is 0 Å². The molecule has 0 saturated heterocycles. The van der Waals surface area contributed by atoms with Gasteiger partial charge in [-0.15, -0.1) is 11.8 Å². The van der Waals surface area contributed by atoms with Crippen LogP contribution in [0.2, 0.25) is 5.02 Å². The number of thioether (sulfide) groups is 1.